The van der Waals surface area contributed by atoms with E-state index in [-0.39, 0.29) is 18.4 Å². The van der Waals surface area contributed by atoms with Gasteiger partial charge in [-0.3, -0.25) is 9.59 Å². The summed E-state index contributed by atoms with van der Waals surface area (Å²) in [6.07, 6.45) is 19.1. The van der Waals surface area contributed by atoms with E-state index in [1.807, 2.05) is 0 Å². The van der Waals surface area contributed by atoms with E-state index in [1.165, 1.54) is 96.8 Å². The van der Waals surface area contributed by atoms with Gasteiger partial charge in [-0.2, -0.15) is 11.8 Å². The van der Waals surface area contributed by atoms with E-state index < -0.39 is 5.97 Å². The van der Waals surface area contributed by atoms with Crippen molar-refractivity contribution in [2.75, 3.05) is 11.5 Å². The summed E-state index contributed by atoms with van der Waals surface area (Å²) in [6.45, 7) is 3.71. The Labute approximate surface area is 171 Å². The molecule has 0 bridgehead atoms. The minimum Gasteiger partial charge on any atom is -0.481 e. The quantitative estimate of drug-likeness (QED) is 0.239. The Hall–Kier alpha value is -0.710. The molecule has 27 heavy (non-hydrogen) atoms. The summed E-state index contributed by atoms with van der Waals surface area (Å²) in [6, 6.07) is -0.253. The topological polar surface area (TPSA) is 66.4 Å². The van der Waals surface area contributed by atoms with Gasteiger partial charge in [0.25, 0.3) is 0 Å². The largest absolute Gasteiger partial charge is 0.481 e. The van der Waals surface area contributed by atoms with Crippen molar-refractivity contribution in [1.29, 1.82) is 0 Å². The van der Waals surface area contributed by atoms with Crippen LogP contribution in [-0.2, 0) is 9.59 Å². The van der Waals surface area contributed by atoms with Crippen LogP contribution in [0.3, 0.4) is 0 Å². The minimum atomic E-state index is -0.856. The highest BCUT2D eigenvalue weighted by atomic mass is 32.2. The van der Waals surface area contributed by atoms with E-state index in [9.17, 15) is 9.59 Å². The van der Waals surface area contributed by atoms with Crippen LogP contribution in [0.1, 0.15) is 110 Å². The van der Waals surface area contributed by atoms with Gasteiger partial charge in [0.2, 0.25) is 5.91 Å². The molecule has 1 amide bonds. The van der Waals surface area contributed by atoms with E-state index in [1.54, 1.807) is 11.8 Å². The summed E-state index contributed by atoms with van der Waals surface area (Å²) < 4.78 is 0. The third kappa shape index (κ3) is 21.4. The molecule has 0 heterocycles. The van der Waals surface area contributed by atoms with Crippen molar-refractivity contribution in [3.63, 3.8) is 0 Å². The lowest BCUT2D eigenvalue weighted by molar-refractivity contribution is -0.137. The van der Waals surface area contributed by atoms with E-state index in [4.69, 9.17) is 5.11 Å². The Balaban J connectivity index is 3.32. The number of carbonyl (C=O) groups excluding carboxylic acids is 1. The molecule has 0 aromatic carbocycles. The Morgan fingerprint density at radius 3 is 1.67 bits per heavy atom. The molecular weight excluding hydrogens is 358 g/mol. The number of unbranched alkanes of at least 4 members (excludes halogenated alkanes) is 13. The minimum absolute atomic E-state index is 0.00528. The number of rotatable bonds is 20. The molecule has 2 N–H and O–H groups in total. The maximum Gasteiger partial charge on any atom is 0.305 e. The number of hydrogen-bond donors (Lipinski definition) is 2. The molecule has 0 radical (unpaired) electrons. The number of carboxylic acids is 1. The molecular formula is C22H43NO3S. The van der Waals surface area contributed by atoms with Gasteiger partial charge in [0.15, 0.2) is 0 Å². The predicted octanol–water partition coefficient (Wildman–Crippen LogP) is 6.18. The fourth-order valence-corrected chi connectivity index (χ4v) is 4.33. The maximum absolute atomic E-state index is 11.1. The fraction of sp³-hybridized carbons (Fsp3) is 0.909. The van der Waals surface area contributed by atoms with Crippen molar-refractivity contribution in [2.24, 2.45) is 0 Å². The average molecular weight is 402 g/mol. The van der Waals surface area contributed by atoms with E-state index in [0.29, 0.717) is 5.75 Å². The number of aliphatic carboxylic acids is 1. The highest BCUT2D eigenvalue weighted by Gasteiger charge is 2.13. The molecule has 1 unspecified atom stereocenters. The van der Waals surface area contributed by atoms with Crippen LogP contribution in [0.4, 0.5) is 0 Å². The van der Waals surface area contributed by atoms with E-state index in [2.05, 4.69) is 12.2 Å². The molecule has 0 aliphatic heterocycles. The predicted molar refractivity (Wildman–Crippen MR) is 117 cm³/mol. The van der Waals surface area contributed by atoms with Crippen molar-refractivity contribution < 1.29 is 14.7 Å². The first kappa shape index (κ1) is 26.3. The van der Waals surface area contributed by atoms with Gasteiger partial charge in [0.1, 0.15) is 0 Å². The molecule has 0 fully saturated rings. The first-order valence-corrected chi connectivity index (χ1v) is 12.3. The Bertz CT molecular complexity index is 347. The van der Waals surface area contributed by atoms with Crippen LogP contribution >= 0.6 is 11.8 Å². The number of nitrogens with one attached hydrogen (secondary N) is 1. The smallest absolute Gasteiger partial charge is 0.305 e. The lowest BCUT2D eigenvalue weighted by Gasteiger charge is -2.15. The van der Waals surface area contributed by atoms with Crippen molar-refractivity contribution >= 4 is 23.6 Å². The van der Waals surface area contributed by atoms with Crippen molar-refractivity contribution in [2.45, 2.75) is 116 Å². The SMILES string of the molecule is CCCCCCCCCCCCCCCCSCC(CC(=O)O)NC(C)=O. The van der Waals surface area contributed by atoms with Gasteiger partial charge in [-0.05, 0) is 12.2 Å². The zero-order chi connectivity index (χ0) is 20.2. The van der Waals surface area contributed by atoms with Gasteiger partial charge in [0, 0.05) is 18.7 Å². The van der Waals surface area contributed by atoms with Crippen LogP contribution < -0.4 is 5.32 Å². The zero-order valence-electron chi connectivity index (χ0n) is 17.8. The second-order valence-electron chi connectivity index (χ2n) is 7.67. The van der Waals surface area contributed by atoms with Crippen molar-refractivity contribution in [3.8, 4) is 0 Å². The number of carbonyl (C=O) groups is 2. The summed E-state index contributed by atoms with van der Waals surface area (Å²) in [5.41, 5.74) is 0. The fourth-order valence-electron chi connectivity index (χ4n) is 3.27. The molecule has 0 aliphatic carbocycles. The second kappa shape index (κ2) is 20.0. The first-order chi connectivity index (χ1) is 13.1. The number of thioether (sulfide) groups is 1. The lowest BCUT2D eigenvalue weighted by atomic mass is 10.0. The Morgan fingerprint density at radius 2 is 1.26 bits per heavy atom. The first-order valence-electron chi connectivity index (χ1n) is 11.1. The molecule has 0 aromatic rings. The van der Waals surface area contributed by atoms with Crippen LogP contribution in [0, 0.1) is 0 Å². The standard InChI is InChI=1S/C22H43NO3S/c1-3-4-5-6-7-8-9-10-11-12-13-14-15-16-17-27-19-21(18-22(25)26)23-20(2)24/h21H,3-19H2,1-2H3,(H,23,24)(H,25,26). The van der Waals surface area contributed by atoms with Crippen LogP contribution in [0.25, 0.3) is 0 Å². The summed E-state index contributed by atoms with van der Waals surface area (Å²) in [4.78, 5) is 21.9. The molecule has 0 saturated carbocycles. The lowest BCUT2D eigenvalue weighted by Crippen LogP contribution is -2.36. The molecule has 5 heteroatoms. The monoisotopic (exact) mass is 401 g/mol. The number of carboxylic acid groups (broad SMARTS) is 1. The maximum atomic E-state index is 11.1. The molecule has 0 aliphatic rings. The van der Waals surface area contributed by atoms with Crippen LogP contribution in [0.15, 0.2) is 0 Å². The van der Waals surface area contributed by atoms with Gasteiger partial charge < -0.3 is 10.4 Å². The van der Waals surface area contributed by atoms with E-state index >= 15 is 0 Å². The summed E-state index contributed by atoms with van der Waals surface area (Å²) in [5.74, 6) is 0.724. The highest BCUT2D eigenvalue weighted by molar-refractivity contribution is 7.99. The Kier molecular flexibility index (Phi) is 19.5. The third-order valence-electron chi connectivity index (χ3n) is 4.79. The van der Waals surface area contributed by atoms with Crippen LogP contribution in [0.2, 0.25) is 0 Å². The Morgan fingerprint density at radius 1 is 0.815 bits per heavy atom. The van der Waals surface area contributed by atoms with Crippen LogP contribution in [-0.4, -0.2) is 34.5 Å². The van der Waals surface area contributed by atoms with E-state index in [0.717, 1.165) is 5.75 Å². The summed E-state index contributed by atoms with van der Waals surface area (Å²) in [5, 5.41) is 11.6. The normalized spacial score (nSPS) is 12.1. The molecule has 1 atom stereocenters. The molecule has 4 nitrogen and oxygen atoms in total. The van der Waals surface area contributed by atoms with Crippen molar-refractivity contribution in [1.82, 2.24) is 5.32 Å². The molecule has 0 spiro atoms. The second-order valence-corrected chi connectivity index (χ2v) is 8.82. The van der Waals surface area contributed by atoms with Gasteiger partial charge in [0.05, 0.1) is 6.42 Å². The zero-order valence-corrected chi connectivity index (χ0v) is 18.6. The summed E-state index contributed by atoms with van der Waals surface area (Å²) in [7, 11) is 0. The number of hydrogen-bond acceptors (Lipinski definition) is 3. The number of amides is 1. The van der Waals surface area contributed by atoms with Crippen molar-refractivity contribution in [3.05, 3.63) is 0 Å². The average Bonchev–Trinajstić information content (AvgIpc) is 2.60. The van der Waals surface area contributed by atoms with Gasteiger partial charge >= 0.3 is 5.97 Å². The van der Waals surface area contributed by atoms with Crippen LogP contribution in [0.5, 0.6) is 0 Å². The molecule has 0 saturated heterocycles. The van der Waals surface area contributed by atoms with Gasteiger partial charge in [-0.15, -0.1) is 0 Å². The summed E-state index contributed by atoms with van der Waals surface area (Å²) >= 11 is 1.75. The highest BCUT2D eigenvalue weighted by Crippen LogP contribution is 2.14. The third-order valence-corrected chi connectivity index (χ3v) is 6.01. The van der Waals surface area contributed by atoms with Gasteiger partial charge in [-0.25, -0.2) is 0 Å². The molecule has 0 aromatic heterocycles. The van der Waals surface area contributed by atoms with Gasteiger partial charge in [-0.1, -0.05) is 90.4 Å². The molecule has 0 rings (SSSR count). The molecule has 160 valence electrons.